The lowest BCUT2D eigenvalue weighted by molar-refractivity contribution is -0.142. The number of ether oxygens (including phenoxy) is 2. The first-order valence-corrected chi connectivity index (χ1v) is 7.83. The molecule has 0 heterocycles. The zero-order valence-corrected chi connectivity index (χ0v) is 14.5. The van der Waals surface area contributed by atoms with Crippen molar-refractivity contribution < 1.29 is 14.3 Å². The zero-order chi connectivity index (χ0) is 16.1. The van der Waals surface area contributed by atoms with E-state index in [-0.39, 0.29) is 17.8 Å². The van der Waals surface area contributed by atoms with Gasteiger partial charge in [0.25, 0.3) is 0 Å². The second-order valence-electron chi connectivity index (χ2n) is 5.11. The molecule has 0 N–H and O–H groups in total. The van der Waals surface area contributed by atoms with Gasteiger partial charge in [-0.25, -0.2) is 0 Å². The molecule has 0 aliphatic rings. The van der Waals surface area contributed by atoms with Crippen LogP contribution in [-0.4, -0.2) is 20.2 Å². The molecule has 0 spiro atoms. The molecular weight excluding hydrogens is 344 g/mol. The van der Waals surface area contributed by atoms with Crippen molar-refractivity contribution in [1.29, 1.82) is 0 Å². The van der Waals surface area contributed by atoms with Crippen molar-refractivity contribution in [3.8, 4) is 5.75 Å². The molecule has 0 bridgehead atoms. The summed E-state index contributed by atoms with van der Waals surface area (Å²) in [5.74, 6) is 0.228. The second-order valence-corrected chi connectivity index (χ2v) is 6.03. The quantitative estimate of drug-likeness (QED) is 0.733. The highest BCUT2D eigenvalue weighted by Crippen LogP contribution is 2.35. The molecule has 0 radical (unpaired) electrons. The lowest BCUT2D eigenvalue weighted by Gasteiger charge is -2.23. The molecule has 3 nitrogen and oxygen atoms in total. The van der Waals surface area contributed by atoms with Crippen molar-refractivity contribution in [2.75, 3.05) is 14.2 Å². The molecule has 0 aromatic heterocycles. The summed E-state index contributed by atoms with van der Waals surface area (Å²) in [6.07, 6.45) is 0. The largest absolute Gasteiger partial charge is 0.497 e. The molecule has 22 heavy (non-hydrogen) atoms. The van der Waals surface area contributed by atoms with Gasteiger partial charge in [-0.05, 0) is 41.3 Å². The molecule has 0 saturated heterocycles. The van der Waals surface area contributed by atoms with Gasteiger partial charge < -0.3 is 9.47 Å². The van der Waals surface area contributed by atoms with Crippen LogP contribution in [0, 0.1) is 0 Å². The number of halogens is 1. The summed E-state index contributed by atoms with van der Waals surface area (Å²) in [7, 11) is 3.06. The summed E-state index contributed by atoms with van der Waals surface area (Å²) in [6.45, 7) is 2.03. The molecule has 2 aromatic carbocycles. The topological polar surface area (TPSA) is 35.5 Å². The van der Waals surface area contributed by atoms with Gasteiger partial charge in [0.15, 0.2) is 0 Å². The van der Waals surface area contributed by atoms with Crippen LogP contribution in [0.15, 0.2) is 53.0 Å². The van der Waals surface area contributed by atoms with Crippen molar-refractivity contribution in [3.63, 3.8) is 0 Å². The van der Waals surface area contributed by atoms with E-state index >= 15 is 0 Å². The zero-order valence-electron chi connectivity index (χ0n) is 12.9. The molecule has 0 aliphatic heterocycles. The van der Waals surface area contributed by atoms with Crippen molar-refractivity contribution in [2.45, 2.75) is 18.8 Å². The lowest BCUT2D eigenvalue weighted by atomic mass is 9.82. The predicted molar refractivity (Wildman–Crippen MR) is 90.3 cm³/mol. The highest BCUT2D eigenvalue weighted by Gasteiger charge is 2.28. The summed E-state index contributed by atoms with van der Waals surface area (Å²) in [5.41, 5.74) is 2.01. The van der Waals surface area contributed by atoms with Crippen LogP contribution in [0.5, 0.6) is 5.75 Å². The van der Waals surface area contributed by atoms with E-state index in [1.807, 2.05) is 55.5 Å². The van der Waals surface area contributed by atoms with E-state index in [0.29, 0.717) is 0 Å². The Bertz CT molecular complexity index is 620. The molecule has 0 aliphatic carbocycles. The molecule has 4 heteroatoms. The Balaban J connectivity index is 2.35. The normalized spacial score (nSPS) is 13.3. The van der Waals surface area contributed by atoms with E-state index in [0.717, 1.165) is 21.3 Å². The summed E-state index contributed by atoms with van der Waals surface area (Å²) >= 11 is 3.42. The summed E-state index contributed by atoms with van der Waals surface area (Å²) in [6, 6.07) is 15.6. The van der Waals surface area contributed by atoms with E-state index in [1.165, 1.54) is 7.11 Å². The minimum absolute atomic E-state index is 0.000434. The molecule has 2 atom stereocenters. The Morgan fingerprint density at radius 2 is 1.50 bits per heavy atom. The monoisotopic (exact) mass is 362 g/mol. The van der Waals surface area contributed by atoms with Crippen LogP contribution in [0.4, 0.5) is 0 Å². The fourth-order valence-corrected chi connectivity index (χ4v) is 2.79. The summed E-state index contributed by atoms with van der Waals surface area (Å²) < 4.78 is 11.2. The SMILES string of the molecule is COC(=O)[C@@H](c1ccc(Br)cc1)[C@@H](C)c1ccc(OC)cc1. The summed E-state index contributed by atoms with van der Waals surface area (Å²) in [5, 5.41) is 0. The van der Waals surface area contributed by atoms with Crippen LogP contribution in [-0.2, 0) is 9.53 Å². The molecule has 116 valence electrons. The van der Waals surface area contributed by atoms with E-state index in [9.17, 15) is 4.79 Å². The highest BCUT2D eigenvalue weighted by atomic mass is 79.9. The number of hydrogen-bond acceptors (Lipinski definition) is 3. The van der Waals surface area contributed by atoms with Crippen molar-refractivity contribution in [1.82, 2.24) is 0 Å². The maximum atomic E-state index is 12.3. The number of hydrogen-bond donors (Lipinski definition) is 0. The first-order valence-electron chi connectivity index (χ1n) is 7.04. The molecule has 0 fully saturated rings. The maximum absolute atomic E-state index is 12.3. The maximum Gasteiger partial charge on any atom is 0.313 e. The van der Waals surface area contributed by atoms with Gasteiger partial charge in [0, 0.05) is 4.47 Å². The van der Waals surface area contributed by atoms with Gasteiger partial charge in [-0.1, -0.05) is 47.1 Å². The van der Waals surface area contributed by atoms with Crippen molar-refractivity contribution >= 4 is 21.9 Å². The number of carbonyl (C=O) groups is 1. The number of esters is 1. The van der Waals surface area contributed by atoms with Gasteiger partial charge in [-0.3, -0.25) is 4.79 Å². The summed E-state index contributed by atoms with van der Waals surface area (Å²) in [4.78, 5) is 12.3. The van der Waals surface area contributed by atoms with E-state index in [1.54, 1.807) is 7.11 Å². The molecule has 0 unspecified atom stereocenters. The van der Waals surface area contributed by atoms with Crippen LogP contribution in [0.1, 0.15) is 29.9 Å². The third-order valence-corrected chi connectivity index (χ3v) is 4.35. The van der Waals surface area contributed by atoms with Crippen molar-refractivity contribution in [3.05, 3.63) is 64.1 Å². The number of rotatable bonds is 5. The number of benzene rings is 2. The van der Waals surface area contributed by atoms with E-state index < -0.39 is 0 Å². The minimum atomic E-state index is -0.341. The Kier molecular flexibility index (Phi) is 5.61. The third-order valence-electron chi connectivity index (χ3n) is 3.83. The third kappa shape index (κ3) is 3.69. The fourth-order valence-electron chi connectivity index (χ4n) is 2.53. The van der Waals surface area contributed by atoms with E-state index in [4.69, 9.17) is 9.47 Å². The van der Waals surface area contributed by atoms with Crippen LogP contribution < -0.4 is 4.74 Å². The smallest absolute Gasteiger partial charge is 0.313 e. The number of methoxy groups -OCH3 is 2. The molecule has 0 saturated carbocycles. The Morgan fingerprint density at radius 1 is 0.955 bits per heavy atom. The highest BCUT2D eigenvalue weighted by molar-refractivity contribution is 9.10. The first kappa shape index (κ1) is 16.6. The lowest BCUT2D eigenvalue weighted by Crippen LogP contribution is -2.20. The van der Waals surface area contributed by atoms with Gasteiger partial charge in [0.05, 0.1) is 20.1 Å². The second kappa shape index (κ2) is 7.45. The average molecular weight is 363 g/mol. The first-order chi connectivity index (χ1) is 10.6. The molecule has 0 amide bonds. The predicted octanol–water partition coefficient (Wildman–Crippen LogP) is 4.52. The fraction of sp³-hybridized carbons (Fsp3) is 0.278. The van der Waals surface area contributed by atoms with Crippen molar-refractivity contribution in [2.24, 2.45) is 0 Å². The Labute approximate surface area is 139 Å². The standard InChI is InChI=1S/C18H19BrO3/c1-12(13-6-10-16(21-2)11-7-13)17(18(20)22-3)14-4-8-15(19)9-5-14/h4-12,17H,1-3H3/t12-,17+/m0/s1. The van der Waals surface area contributed by atoms with Gasteiger partial charge in [-0.2, -0.15) is 0 Å². The molecule has 2 aromatic rings. The van der Waals surface area contributed by atoms with Gasteiger partial charge in [0.2, 0.25) is 0 Å². The van der Waals surface area contributed by atoms with E-state index in [2.05, 4.69) is 15.9 Å². The van der Waals surface area contributed by atoms with Gasteiger partial charge in [-0.15, -0.1) is 0 Å². The Hall–Kier alpha value is -1.81. The number of carbonyl (C=O) groups excluding carboxylic acids is 1. The van der Waals surface area contributed by atoms with Crippen LogP contribution in [0.2, 0.25) is 0 Å². The molecular formula is C18H19BrO3. The molecule has 2 rings (SSSR count). The van der Waals surface area contributed by atoms with Crippen LogP contribution >= 0.6 is 15.9 Å². The average Bonchev–Trinajstić information content (AvgIpc) is 2.56. The van der Waals surface area contributed by atoms with Gasteiger partial charge >= 0.3 is 5.97 Å². The van der Waals surface area contributed by atoms with Crippen LogP contribution in [0.3, 0.4) is 0 Å². The Morgan fingerprint density at radius 3 is 2.00 bits per heavy atom. The minimum Gasteiger partial charge on any atom is -0.497 e. The van der Waals surface area contributed by atoms with Crippen LogP contribution in [0.25, 0.3) is 0 Å². The van der Waals surface area contributed by atoms with Gasteiger partial charge in [0.1, 0.15) is 5.75 Å².